The number of rotatable bonds is 4. The Morgan fingerprint density at radius 2 is 1.70 bits per heavy atom. The van der Waals surface area contributed by atoms with Gasteiger partial charge in [0.1, 0.15) is 0 Å². The van der Waals surface area contributed by atoms with Gasteiger partial charge in [0.05, 0.1) is 5.75 Å². The van der Waals surface area contributed by atoms with E-state index in [2.05, 4.69) is 24.2 Å². The molecule has 2 rings (SSSR count). The second-order valence-electron chi connectivity index (χ2n) is 6.29. The summed E-state index contributed by atoms with van der Waals surface area (Å²) in [5, 5.41) is 3.75. The normalized spacial score (nSPS) is 31.6. The monoisotopic (exact) mass is 303 g/mol. The molecule has 0 aliphatic carbocycles. The molecule has 6 heteroatoms. The predicted molar refractivity (Wildman–Crippen MR) is 82.3 cm³/mol. The van der Waals surface area contributed by atoms with Crippen molar-refractivity contribution < 1.29 is 8.42 Å². The molecule has 0 amide bonds. The number of likely N-dealkylation sites (tertiary alicyclic amines) is 1. The molecule has 2 unspecified atom stereocenters. The molecular weight excluding hydrogens is 274 g/mol. The highest BCUT2D eigenvalue weighted by atomic mass is 32.2. The maximum absolute atomic E-state index is 11.8. The zero-order valence-electron chi connectivity index (χ0n) is 13.0. The van der Waals surface area contributed by atoms with E-state index in [1.54, 1.807) is 11.2 Å². The number of nitrogens with zero attached hydrogens (tertiary/aromatic N) is 2. The lowest BCUT2D eigenvalue weighted by atomic mass is 9.96. The van der Waals surface area contributed by atoms with Gasteiger partial charge in [-0.15, -0.1) is 0 Å². The van der Waals surface area contributed by atoms with Crippen molar-refractivity contribution in [1.29, 1.82) is 0 Å². The Kier molecular flexibility index (Phi) is 5.45. The fourth-order valence-corrected chi connectivity index (χ4v) is 4.39. The molecule has 0 saturated carbocycles. The standard InChI is InChI=1S/C14H29N3O2S/c1-4-20(18,19)17-9-6-13(7-10-17)15-14-5-8-16(3)12(2)11-14/h12-15H,4-11H2,1-3H3. The molecule has 0 aromatic rings. The first kappa shape index (κ1) is 16.2. The molecule has 118 valence electrons. The van der Waals surface area contributed by atoms with Crippen molar-refractivity contribution in [1.82, 2.24) is 14.5 Å². The molecule has 0 aromatic carbocycles. The van der Waals surface area contributed by atoms with Crippen LogP contribution in [-0.4, -0.2) is 68.2 Å². The third kappa shape index (κ3) is 3.93. The Balaban J connectivity index is 1.78. The van der Waals surface area contributed by atoms with Crippen LogP contribution in [0.25, 0.3) is 0 Å². The van der Waals surface area contributed by atoms with Crippen LogP contribution >= 0.6 is 0 Å². The summed E-state index contributed by atoms with van der Waals surface area (Å²) < 4.78 is 25.3. The van der Waals surface area contributed by atoms with Gasteiger partial charge >= 0.3 is 0 Å². The highest BCUT2D eigenvalue weighted by Gasteiger charge is 2.29. The van der Waals surface area contributed by atoms with Crippen LogP contribution in [0, 0.1) is 0 Å². The van der Waals surface area contributed by atoms with Crippen LogP contribution in [0.15, 0.2) is 0 Å². The van der Waals surface area contributed by atoms with Crippen LogP contribution in [0.3, 0.4) is 0 Å². The molecule has 0 bridgehead atoms. The summed E-state index contributed by atoms with van der Waals surface area (Å²) in [5.74, 6) is 0.220. The Morgan fingerprint density at radius 1 is 1.10 bits per heavy atom. The van der Waals surface area contributed by atoms with Gasteiger partial charge in [0, 0.05) is 31.2 Å². The van der Waals surface area contributed by atoms with Crippen LogP contribution in [0.4, 0.5) is 0 Å². The summed E-state index contributed by atoms with van der Waals surface area (Å²) in [7, 11) is -0.805. The fraction of sp³-hybridized carbons (Fsp3) is 1.00. The highest BCUT2D eigenvalue weighted by molar-refractivity contribution is 7.89. The smallest absolute Gasteiger partial charge is 0.213 e. The van der Waals surface area contributed by atoms with Crippen LogP contribution in [0.5, 0.6) is 0 Å². The number of hydrogen-bond donors (Lipinski definition) is 1. The minimum Gasteiger partial charge on any atom is -0.311 e. The quantitative estimate of drug-likeness (QED) is 0.837. The van der Waals surface area contributed by atoms with Crippen LogP contribution < -0.4 is 5.32 Å². The average molecular weight is 303 g/mol. The SMILES string of the molecule is CCS(=O)(=O)N1CCC(NC2CCN(C)C(C)C2)CC1. The minimum atomic E-state index is -2.99. The largest absolute Gasteiger partial charge is 0.311 e. The second-order valence-corrected chi connectivity index (χ2v) is 8.55. The van der Waals surface area contributed by atoms with Gasteiger partial charge in [0.2, 0.25) is 10.0 Å². The summed E-state index contributed by atoms with van der Waals surface area (Å²) in [6.07, 6.45) is 4.29. The van der Waals surface area contributed by atoms with Gasteiger partial charge in [0.15, 0.2) is 0 Å². The molecule has 2 aliphatic heterocycles. The summed E-state index contributed by atoms with van der Waals surface area (Å²) in [5.41, 5.74) is 0. The van der Waals surface area contributed by atoms with Crippen molar-refractivity contribution in [2.75, 3.05) is 32.4 Å². The Hall–Kier alpha value is -0.170. The van der Waals surface area contributed by atoms with Crippen LogP contribution in [-0.2, 0) is 10.0 Å². The number of sulfonamides is 1. The Bertz CT molecular complexity index is 405. The van der Waals surface area contributed by atoms with E-state index in [1.807, 2.05) is 0 Å². The van der Waals surface area contributed by atoms with Gasteiger partial charge < -0.3 is 10.2 Å². The zero-order valence-corrected chi connectivity index (χ0v) is 13.8. The molecular formula is C14H29N3O2S. The van der Waals surface area contributed by atoms with Gasteiger partial charge in [-0.1, -0.05) is 0 Å². The van der Waals surface area contributed by atoms with E-state index >= 15 is 0 Å². The first-order valence-corrected chi connectivity index (χ1v) is 9.47. The van der Waals surface area contributed by atoms with Gasteiger partial charge in [0.25, 0.3) is 0 Å². The summed E-state index contributed by atoms with van der Waals surface area (Å²) in [6.45, 7) is 6.51. The van der Waals surface area contributed by atoms with Gasteiger partial charge in [-0.25, -0.2) is 12.7 Å². The molecule has 0 aromatic heterocycles. The number of nitrogens with one attached hydrogen (secondary N) is 1. The maximum atomic E-state index is 11.8. The zero-order chi connectivity index (χ0) is 14.8. The van der Waals surface area contributed by atoms with Crippen molar-refractivity contribution >= 4 is 10.0 Å². The van der Waals surface area contributed by atoms with E-state index in [1.165, 1.54) is 12.8 Å². The molecule has 2 aliphatic rings. The lowest BCUT2D eigenvalue weighted by molar-refractivity contribution is 0.154. The van der Waals surface area contributed by atoms with E-state index < -0.39 is 10.0 Å². The third-order valence-corrected chi connectivity index (χ3v) is 6.77. The van der Waals surface area contributed by atoms with E-state index in [0.717, 1.165) is 19.4 Å². The molecule has 20 heavy (non-hydrogen) atoms. The van der Waals surface area contributed by atoms with Crippen molar-refractivity contribution in [2.45, 2.75) is 57.7 Å². The number of hydrogen-bond acceptors (Lipinski definition) is 4. The van der Waals surface area contributed by atoms with Crippen molar-refractivity contribution in [3.63, 3.8) is 0 Å². The van der Waals surface area contributed by atoms with Gasteiger partial charge in [-0.2, -0.15) is 0 Å². The van der Waals surface area contributed by atoms with E-state index in [0.29, 0.717) is 31.2 Å². The predicted octanol–water partition coefficient (Wildman–Crippen LogP) is 0.873. The lowest BCUT2D eigenvalue weighted by Gasteiger charge is -2.39. The first-order valence-electron chi connectivity index (χ1n) is 7.86. The highest BCUT2D eigenvalue weighted by Crippen LogP contribution is 2.19. The van der Waals surface area contributed by atoms with Crippen molar-refractivity contribution in [3.05, 3.63) is 0 Å². The molecule has 2 atom stereocenters. The maximum Gasteiger partial charge on any atom is 0.213 e. The van der Waals surface area contributed by atoms with Gasteiger partial charge in [-0.05, 0) is 53.1 Å². The average Bonchev–Trinajstić information content (AvgIpc) is 2.43. The molecule has 0 spiro atoms. The Morgan fingerprint density at radius 3 is 2.25 bits per heavy atom. The lowest BCUT2D eigenvalue weighted by Crippen LogP contribution is -2.52. The fourth-order valence-electron chi connectivity index (χ4n) is 3.26. The molecule has 0 radical (unpaired) electrons. The first-order chi connectivity index (χ1) is 9.42. The molecule has 2 saturated heterocycles. The molecule has 2 heterocycles. The minimum absolute atomic E-state index is 0.220. The van der Waals surface area contributed by atoms with E-state index in [4.69, 9.17) is 0 Å². The van der Waals surface area contributed by atoms with Crippen LogP contribution in [0.2, 0.25) is 0 Å². The van der Waals surface area contributed by atoms with Crippen molar-refractivity contribution in [2.24, 2.45) is 0 Å². The summed E-state index contributed by atoms with van der Waals surface area (Å²) in [4.78, 5) is 2.41. The van der Waals surface area contributed by atoms with E-state index in [9.17, 15) is 8.42 Å². The van der Waals surface area contributed by atoms with Crippen molar-refractivity contribution in [3.8, 4) is 0 Å². The third-order valence-electron chi connectivity index (χ3n) is 4.89. The van der Waals surface area contributed by atoms with Gasteiger partial charge in [-0.3, -0.25) is 0 Å². The molecule has 1 N–H and O–H groups in total. The summed E-state index contributed by atoms with van der Waals surface area (Å²) >= 11 is 0. The van der Waals surface area contributed by atoms with E-state index in [-0.39, 0.29) is 5.75 Å². The topological polar surface area (TPSA) is 52.7 Å². The molecule has 5 nitrogen and oxygen atoms in total. The summed E-state index contributed by atoms with van der Waals surface area (Å²) in [6, 6.07) is 1.72. The Labute approximate surface area is 123 Å². The number of piperidine rings is 2. The molecule has 2 fully saturated rings. The van der Waals surface area contributed by atoms with Crippen LogP contribution in [0.1, 0.15) is 39.5 Å². The second kappa shape index (κ2) is 6.73.